The molecule has 6 bridgehead atoms. The molecular formula is C40H44N2Si2. The molecule has 1 saturated carbocycles. The van der Waals surface area contributed by atoms with Crippen LogP contribution in [0.25, 0.3) is 0 Å². The van der Waals surface area contributed by atoms with Gasteiger partial charge in [0.05, 0.1) is 16.1 Å². The van der Waals surface area contributed by atoms with Gasteiger partial charge in [0, 0.05) is 24.8 Å². The van der Waals surface area contributed by atoms with Gasteiger partial charge in [-0.1, -0.05) is 121 Å². The molecule has 0 radical (unpaired) electrons. The van der Waals surface area contributed by atoms with E-state index in [-0.39, 0.29) is 0 Å². The summed E-state index contributed by atoms with van der Waals surface area (Å²) in [6.07, 6.45) is 7.84. The third-order valence-electron chi connectivity index (χ3n) is 10.2. The van der Waals surface area contributed by atoms with Crippen molar-refractivity contribution in [3.63, 3.8) is 0 Å². The molecule has 3 aromatic carbocycles. The van der Waals surface area contributed by atoms with Crippen LogP contribution < -0.4 is 0 Å². The molecule has 4 atom stereocenters. The Morgan fingerprint density at radius 2 is 0.727 bits per heavy atom. The minimum atomic E-state index is -1.49. The second kappa shape index (κ2) is 11.7. The van der Waals surface area contributed by atoms with Crippen molar-refractivity contribution in [1.82, 2.24) is 9.97 Å². The zero-order valence-electron chi connectivity index (χ0n) is 26.6. The number of fused-ring (bicyclic) bond motifs is 2. The first-order valence-corrected chi connectivity index (χ1v) is 23.1. The van der Waals surface area contributed by atoms with Gasteiger partial charge in [-0.05, 0) is 94.4 Å². The van der Waals surface area contributed by atoms with Crippen LogP contribution in [0.4, 0.5) is 0 Å². The van der Waals surface area contributed by atoms with Gasteiger partial charge in [-0.25, -0.2) is 0 Å². The van der Waals surface area contributed by atoms with Crippen LogP contribution >= 0.6 is 0 Å². The van der Waals surface area contributed by atoms with Crippen molar-refractivity contribution < 1.29 is 0 Å². The second-order valence-electron chi connectivity index (χ2n) is 15.0. The van der Waals surface area contributed by atoms with Crippen molar-refractivity contribution >= 4 is 16.1 Å². The summed E-state index contributed by atoms with van der Waals surface area (Å²) < 4.78 is 0. The molecule has 0 spiro atoms. The van der Waals surface area contributed by atoms with Crippen LogP contribution in [-0.4, -0.2) is 26.1 Å². The van der Waals surface area contributed by atoms with Gasteiger partial charge in [0.2, 0.25) is 0 Å². The number of hydrogen-bond donors (Lipinski definition) is 0. The maximum absolute atomic E-state index is 4.38. The van der Waals surface area contributed by atoms with E-state index in [1.54, 1.807) is 0 Å². The van der Waals surface area contributed by atoms with Crippen LogP contribution in [0.3, 0.4) is 0 Å². The summed E-state index contributed by atoms with van der Waals surface area (Å²) in [6, 6.07) is 42.9. The lowest BCUT2D eigenvalue weighted by Crippen LogP contribution is -2.40. The first-order valence-electron chi connectivity index (χ1n) is 16.3. The molecule has 9 rings (SSSR count). The molecule has 0 saturated heterocycles. The Labute approximate surface area is 265 Å². The number of nitrogens with zero attached hydrogens (tertiary/aromatic N) is 2. The van der Waals surface area contributed by atoms with E-state index in [9.17, 15) is 0 Å². The maximum atomic E-state index is 4.38. The molecule has 2 nitrogen and oxygen atoms in total. The number of hydrogen-bond acceptors (Lipinski definition) is 2. The molecule has 222 valence electrons. The van der Waals surface area contributed by atoms with Gasteiger partial charge in [-0.2, -0.15) is 0 Å². The Hall–Kier alpha value is -3.61. The highest BCUT2D eigenvalue weighted by atomic mass is 28.3. The highest BCUT2D eigenvalue weighted by Gasteiger charge is 2.52. The zero-order valence-corrected chi connectivity index (χ0v) is 28.6. The number of aromatic nitrogens is 2. The monoisotopic (exact) mass is 608 g/mol. The van der Waals surface area contributed by atoms with Crippen molar-refractivity contribution in [2.75, 3.05) is 0 Å². The van der Waals surface area contributed by atoms with Crippen LogP contribution in [0.1, 0.15) is 68.2 Å². The molecule has 0 amide bonds. The Balaban J connectivity index is 1.34. The molecule has 5 heterocycles. The topological polar surface area (TPSA) is 25.8 Å². The van der Waals surface area contributed by atoms with E-state index >= 15 is 0 Å². The third-order valence-corrected chi connectivity index (χ3v) is 15.6. The van der Waals surface area contributed by atoms with E-state index in [1.807, 2.05) is 24.8 Å². The average molecular weight is 609 g/mol. The van der Waals surface area contributed by atoms with Crippen LogP contribution in [0.2, 0.25) is 26.2 Å². The van der Waals surface area contributed by atoms with Gasteiger partial charge in [-0.15, -0.1) is 0 Å². The standard InChI is InChI=1S/C40H44N2Si2/c1-43(2)25-29-8-12-33(13-9-29)37-38(40(36-18-22-42-23-19-36)39(37)35-16-20-41-21-17-35)34-14-10-30(11-15-34)26-44(3,4)28-32-7-5-6-31(24-32)27-43/h5-24,37-40H,25-28H2,1-4H3/t37-,38+,39-,40-/m1/s1. The number of benzene rings is 3. The van der Waals surface area contributed by atoms with E-state index in [2.05, 4.69) is 133 Å². The summed E-state index contributed by atoms with van der Waals surface area (Å²) >= 11 is 0. The fourth-order valence-electron chi connectivity index (χ4n) is 8.48. The molecule has 0 N–H and O–H groups in total. The third kappa shape index (κ3) is 6.03. The smallest absolute Gasteiger partial charge is 0.0561 e. The molecule has 3 aliphatic heterocycles. The van der Waals surface area contributed by atoms with Gasteiger partial charge < -0.3 is 0 Å². The Morgan fingerprint density at radius 3 is 1.09 bits per heavy atom. The fourth-order valence-corrected chi connectivity index (χ4v) is 14.1. The average Bonchev–Trinajstić information content (AvgIpc) is 2.98. The van der Waals surface area contributed by atoms with Crippen molar-refractivity contribution in [3.05, 3.63) is 166 Å². The highest BCUT2D eigenvalue weighted by molar-refractivity contribution is 6.76. The number of rotatable bonds is 2. The van der Waals surface area contributed by atoms with Gasteiger partial charge >= 0.3 is 0 Å². The van der Waals surface area contributed by atoms with Gasteiger partial charge in [0.25, 0.3) is 0 Å². The fraction of sp³-hybridized carbons (Fsp3) is 0.300. The van der Waals surface area contributed by atoms with Gasteiger partial charge in [-0.3, -0.25) is 9.97 Å². The summed E-state index contributed by atoms with van der Waals surface area (Å²) in [6.45, 7) is 10.3. The summed E-state index contributed by atoms with van der Waals surface area (Å²) in [7, 11) is -2.99. The maximum Gasteiger partial charge on any atom is 0.0561 e. The first kappa shape index (κ1) is 29.1. The van der Waals surface area contributed by atoms with Crippen LogP contribution in [0, 0.1) is 0 Å². The largest absolute Gasteiger partial charge is 0.265 e. The molecule has 0 unspecified atom stereocenters. The summed E-state index contributed by atoms with van der Waals surface area (Å²) in [5.41, 5.74) is 11.7. The van der Waals surface area contributed by atoms with Crippen LogP contribution in [-0.2, 0) is 24.2 Å². The van der Waals surface area contributed by atoms with Gasteiger partial charge in [0.15, 0.2) is 0 Å². The van der Waals surface area contributed by atoms with E-state index in [1.165, 1.54) is 68.7 Å². The Bertz CT molecular complexity index is 1590. The predicted octanol–water partition coefficient (Wildman–Crippen LogP) is 9.38. The first-order chi connectivity index (χ1) is 21.2. The van der Waals surface area contributed by atoms with E-state index in [4.69, 9.17) is 0 Å². The van der Waals surface area contributed by atoms with E-state index in [0.29, 0.717) is 23.7 Å². The lowest BCUT2D eigenvalue weighted by Gasteiger charge is -2.53. The highest BCUT2D eigenvalue weighted by Crippen LogP contribution is 2.66. The normalized spacial score (nSPS) is 23.9. The Morgan fingerprint density at radius 1 is 0.409 bits per heavy atom. The molecule has 1 fully saturated rings. The lowest BCUT2D eigenvalue weighted by molar-refractivity contribution is 0.228. The quantitative estimate of drug-likeness (QED) is 0.187. The van der Waals surface area contributed by atoms with Crippen LogP contribution in [0.15, 0.2) is 122 Å². The summed E-state index contributed by atoms with van der Waals surface area (Å²) in [4.78, 5) is 8.75. The summed E-state index contributed by atoms with van der Waals surface area (Å²) in [5.74, 6) is 1.56. The molecule has 1 aliphatic carbocycles. The van der Waals surface area contributed by atoms with Crippen LogP contribution in [0.5, 0.6) is 0 Å². The molecule has 5 aromatic rings. The molecule has 4 aliphatic rings. The van der Waals surface area contributed by atoms with E-state index < -0.39 is 16.1 Å². The second-order valence-corrected chi connectivity index (χ2v) is 25.1. The minimum absolute atomic E-state index is 0.383. The molecule has 4 heteroatoms. The zero-order chi connectivity index (χ0) is 30.3. The van der Waals surface area contributed by atoms with Crippen molar-refractivity contribution in [3.8, 4) is 0 Å². The molecule has 2 aromatic heterocycles. The van der Waals surface area contributed by atoms with Gasteiger partial charge in [0.1, 0.15) is 0 Å². The van der Waals surface area contributed by atoms with Crippen molar-refractivity contribution in [2.45, 2.75) is 74.0 Å². The predicted molar refractivity (Wildman–Crippen MR) is 189 cm³/mol. The van der Waals surface area contributed by atoms with Crippen molar-refractivity contribution in [2.24, 2.45) is 0 Å². The molecule has 44 heavy (non-hydrogen) atoms. The molecular weight excluding hydrogens is 565 g/mol. The lowest BCUT2D eigenvalue weighted by atomic mass is 9.49. The summed E-state index contributed by atoms with van der Waals surface area (Å²) in [5, 5.41) is 0. The van der Waals surface area contributed by atoms with Crippen molar-refractivity contribution in [1.29, 1.82) is 0 Å². The van der Waals surface area contributed by atoms with E-state index in [0.717, 1.165) is 0 Å². The minimum Gasteiger partial charge on any atom is -0.265 e. The number of pyridine rings is 2. The Kier molecular flexibility index (Phi) is 7.76. The SMILES string of the molecule is C[Si]1(C)Cc2ccc(cc2)[C@@H]2[C@@H](c3ccncc3)[C@H](c3ccncc3)[C@@H]2c2ccc(cc2)C[Si](C)(C)Cc2cccc(c2)C1.